The van der Waals surface area contributed by atoms with E-state index in [4.69, 9.17) is 25.8 Å². The van der Waals surface area contributed by atoms with Crippen molar-refractivity contribution in [3.63, 3.8) is 0 Å². The monoisotopic (exact) mass is 422 g/mol. The van der Waals surface area contributed by atoms with E-state index in [0.717, 1.165) is 12.3 Å². The second-order valence-corrected chi connectivity index (χ2v) is 5.91. The SMILES string of the molecule is O=C(COc1ccc(Cl)cc1[N+](=O)[O-])NN=Cc1cc2c(cc1[N+](=O)[O-])OCO2. The zero-order valence-corrected chi connectivity index (χ0v) is 15.1. The molecular weight excluding hydrogens is 412 g/mol. The highest BCUT2D eigenvalue weighted by Gasteiger charge is 2.22. The van der Waals surface area contributed by atoms with Crippen LogP contribution in [-0.4, -0.2) is 35.4 Å². The highest BCUT2D eigenvalue weighted by atomic mass is 35.5. The molecule has 0 spiro atoms. The Hall–Kier alpha value is -3.93. The Labute approximate surface area is 166 Å². The van der Waals surface area contributed by atoms with Crippen LogP contribution in [0, 0.1) is 20.2 Å². The third-order valence-corrected chi connectivity index (χ3v) is 3.82. The van der Waals surface area contributed by atoms with Crippen LogP contribution in [0.25, 0.3) is 0 Å². The summed E-state index contributed by atoms with van der Waals surface area (Å²) in [6.07, 6.45) is 1.06. The standard InChI is InChI=1S/C16H11ClN4O8/c17-10-1-2-13(12(4-10)21(25)26)27-7-16(22)19-18-6-9-3-14-15(29-8-28-14)5-11(9)20(23)24/h1-6H,7-8H2,(H,19,22). The summed E-state index contributed by atoms with van der Waals surface area (Å²) in [5.41, 5.74) is 1.50. The molecule has 0 atom stereocenters. The molecule has 0 bridgehead atoms. The normalized spacial score (nSPS) is 12.0. The zero-order valence-electron chi connectivity index (χ0n) is 14.4. The van der Waals surface area contributed by atoms with Crippen LogP contribution in [0.5, 0.6) is 17.2 Å². The Balaban J connectivity index is 1.64. The minimum Gasteiger partial charge on any atom is -0.477 e. The topological polar surface area (TPSA) is 155 Å². The highest BCUT2D eigenvalue weighted by molar-refractivity contribution is 6.30. The van der Waals surface area contributed by atoms with Gasteiger partial charge in [-0.1, -0.05) is 11.6 Å². The highest BCUT2D eigenvalue weighted by Crippen LogP contribution is 2.37. The summed E-state index contributed by atoms with van der Waals surface area (Å²) in [6, 6.07) is 6.26. The third-order valence-electron chi connectivity index (χ3n) is 3.59. The fourth-order valence-corrected chi connectivity index (χ4v) is 2.48. The van der Waals surface area contributed by atoms with Gasteiger partial charge in [0.1, 0.15) is 0 Å². The molecule has 29 heavy (non-hydrogen) atoms. The van der Waals surface area contributed by atoms with Gasteiger partial charge in [-0.15, -0.1) is 0 Å². The van der Waals surface area contributed by atoms with E-state index in [9.17, 15) is 25.0 Å². The molecule has 0 unspecified atom stereocenters. The van der Waals surface area contributed by atoms with Gasteiger partial charge in [-0.05, 0) is 18.2 Å². The maximum atomic E-state index is 11.8. The van der Waals surface area contributed by atoms with E-state index < -0.39 is 28.0 Å². The number of benzene rings is 2. The predicted octanol–water partition coefficient (Wildman–Crippen LogP) is 2.41. The van der Waals surface area contributed by atoms with E-state index in [1.165, 1.54) is 24.3 Å². The Kier molecular flexibility index (Phi) is 5.74. The number of rotatable bonds is 7. The molecule has 12 nitrogen and oxygen atoms in total. The molecule has 3 rings (SSSR count). The van der Waals surface area contributed by atoms with E-state index in [1.54, 1.807) is 0 Å². The number of fused-ring (bicyclic) bond motifs is 1. The van der Waals surface area contributed by atoms with Crippen molar-refractivity contribution in [1.82, 2.24) is 5.43 Å². The zero-order chi connectivity index (χ0) is 21.0. The van der Waals surface area contributed by atoms with Gasteiger partial charge in [-0.25, -0.2) is 5.43 Å². The maximum Gasteiger partial charge on any atom is 0.312 e. The number of amides is 1. The Morgan fingerprint density at radius 3 is 2.55 bits per heavy atom. The van der Waals surface area contributed by atoms with Crippen molar-refractivity contribution in [3.8, 4) is 17.2 Å². The van der Waals surface area contributed by atoms with Gasteiger partial charge < -0.3 is 14.2 Å². The van der Waals surface area contributed by atoms with E-state index in [2.05, 4.69) is 10.5 Å². The minimum absolute atomic E-state index is 0.0575. The van der Waals surface area contributed by atoms with Gasteiger partial charge in [0.25, 0.3) is 11.6 Å². The molecule has 150 valence electrons. The minimum atomic E-state index is -0.742. The summed E-state index contributed by atoms with van der Waals surface area (Å²) >= 11 is 5.70. The molecule has 0 saturated carbocycles. The predicted molar refractivity (Wildman–Crippen MR) is 98.6 cm³/mol. The van der Waals surface area contributed by atoms with Gasteiger partial charge >= 0.3 is 5.69 Å². The number of nitro benzene ring substituents is 2. The van der Waals surface area contributed by atoms with Gasteiger partial charge in [-0.2, -0.15) is 5.10 Å². The first-order chi connectivity index (χ1) is 13.8. The van der Waals surface area contributed by atoms with Crippen molar-refractivity contribution in [2.45, 2.75) is 0 Å². The number of hydrogen-bond donors (Lipinski definition) is 1. The molecule has 0 aliphatic carbocycles. The maximum absolute atomic E-state index is 11.8. The molecule has 0 radical (unpaired) electrons. The fraction of sp³-hybridized carbons (Fsp3) is 0.125. The van der Waals surface area contributed by atoms with Crippen molar-refractivity contribution in [1.29, 1.82) is 0 Å². The smallest absolute Gasteiger partial charge is 0.312 e. The van der Waals surface area contributed by atoms with Crippen LogP contribution in [0.1, 0.15) is 5.56 Å². The van der Waals surface area contributed by atoms with Gasteiger partial charge in [0.15, 0.2) is 23.9 Å². The number of nitrogens with zero attached hydrogens (tertiary/aromatic N) is 3. The number of nitro groups is 2. The number of halogens is 1. The van der Waals surface area contributed by atoms with Crippen LogP contribution in [0.15, 0.2) is 35.4 Å². The van der Waals surface area contributed by atoms with E-state index in [-0.39, 0.29) is 34.6 Å². The fourth-order valence-electron chi connectivity index (χ4n) is 2.31. The quantitative estimate of drug-likeness (QED) is 0.405. The lowest BCUT2D eigenvalue weighted by atomic mass is 10.1. The molecule has 13 heteroatoms. The summed E-state index contributed by atoms with van der Waals surface area (Å²) < 4.78 is 15.3. The average molecular weight is 423 g/mol. The van der Waals surface area contributed by atoms with Crippen molar-refractivity contribution in [2.75, 3.05) is 13.4 Å². The molecule has 0 fully saturated rings. The van der Waals surface area contributed by atoms with Crippen molar-refractivity contribution in [3.05, 3.63) is 61.1 Å². The van der Waals surface area contributed by atoms with Crippen LogP contribution < -0.4 is 19.6 Å². The Morgan fingerprint density at radius 1 is 1.17 bits per heavy atom. The van der Waals surface area contributed by atoms with Gasteiger partial charge in [-0.3, -0.25) is 25.0 Å². The lowest BCUT2D eigenvalue weighted by Crippen LogP contribution is -2.24. The number of ether oxygens (including phenoxy) is 3. The Morgan fingerprint density at radius 2 is 1.86 bits per heavy atom. The molecule has 0 saturated heterocycles. The molecule has 2 aromatic carbocycles. The number of hydrazone groups is 1. The third kappa shape index (κ3) is 4.68. The molecule has 1 N–H and O–H groups in total. The Bertz CT molecular complexity index is 1030. The van der Waals surface area contributed by atoms with Gasteiger partial charge in [0, 0.05) is 11.1 Å². The first kappa shape index (κ1) is 19.8. The van der Waals surface area contributed by atoms with Crippen LogP contribution in [0.3, 0.4) is 0 Å². The summed E-state index contributed by atoms with van der Waals surface area (Å²) in [6.45, 7) is -0.638. The lowest BCUT2D eigenvalue weighted by Gasteiger charge is -2.06. The first-order valence-corrected chi connectivity index (χ1v) is 8.19. The number of carbonyl (C=O) groups excluding carboxylic acids is 1. The second kappa shape index (κ2) is 8.39. The van der Waals surface area contributed by atoms with E-state index in [0.29, 0.717) is 5.75 Å². The van der Waals surface area contributed by atoms with Gasteiger partial charge in [0.2, 0.25) is 6.79 Å². The largest absolute Gasteiger partial charge is 0.477 e. The van der Waals surface area contributed by atoms with E-state index >= 15 is 0 Å². The van der Waals surface area contributed by atoms with Crippen molar-refractivity contribution >= 4 is 35.1 Å². The molecule has 1 aliphatic rings. The molecule has 1 heterocycles. The van der Waals surface area contributed by atoms with Crippen molar-refractivity contribution < 1.29 is 28.9 Å². The van der Waals surface area contributed by atoms with E-state index in [1.807, 2.05) is 0 Å². The van der Waals surface area contributed by atoms with Crippen LogP contribution in [0.4, 0.5) is 11.4 Å². The summed E-state index contributed by atoms with van der Waals surface area (Å²) in [7, 11) is 0. The summed E-state index contributed by atoms with van der Waals surface area (Å²) in [4.78, 5) is 32.7. The molecule has 0 aromatic heterocycles. The lowest BCUT2D eigenvalue weighted by molar-refractivity contribution is -0.385. The molecule has 1 amide bonds. The summed E-state index contributed by atoms with van der Waals surface area (Å²) in [5.74, 6) is -0.351. The molecule has 2 aromatic rings. The van der Waals surface area contributed by atoms with Crippen LogP contribution in [-0.2, 0) is 4.79 Å². The van der Waals surface area contributed by atoms with Crippen LogP contribution in [0.2, 0.25) is 5.02 Å². The first-order valence-electron chi connectivity index (χ1n) is 7.82. The van der Waals surface area contributed by atoms with Gasteiger partial charge in [0.05, 0.1) is 27.7 Å². The molecule has 1 aliphatic heterocycles. The van der Waals surface area contributed by atoms with Crippen molar-refractivity contribution in [2.24, 2.45) is 5.10 Å². The second-order valence-electron chi connectivity index (χ2n) is 5.47. The average Bonchev–Trinajstić information content (AvgIpc) is 3.13. The molecular formula is C16H11ClN4O8. The number of carbonyl (C=O) groups is 1. The summed E-state index contributed by atoms with van der Waals surface area (Å²) in [5, 5.41) is 25.9. The van der Waals surface area contributed by atoms with Crippen LogP contribution >= 0.6 is 11.6 Å². The number of hydrogen-bond acceptors (Lipinski definition) is 9. The number of nitrogens with one attached hydrogen (secondary N) is 1.